The van der Waals surface area contributed by atoms with Crippen molar-refractivity contribution in [1.82, 2.24) is 5.43 Å². The van der Waals surface area contributed by atoms with E-state index in [9.17, 15) is 0 Å². The van der Waals surface area contributed by atoms with E-state index in [1.165, 1.54) is 0 Å². The Labute approximate surface area is 55.2 Å². The lowest BCUT2D eigenvalue weighted by Gasteiger charge is -2.14. The zero-order chi connectivity index (χ0) is 5.21. The van der Waals surface area contributed by atoms with Gasteiger partial charge in [-0.05, 0) is 20.8 Å². The van der Waals surface area contributed by atoms with Crippen molar-refractivity contribution in [2.24, 2.45) is 5.84 Å². The molecule has 0 aromatic carbocycles. The number of nitrogens with one attached hydrogen (secondary N) is 1. The summed E-state index contributed by atoms with van der Waals surface area (Å²) in [6.07, 6.45) is 0. The van der Waals surface area contributed by atoms with E-state index < -0.39 is 0 Å². The van der Waals surface area contributed by atoms with Crippen LogP contribution in [-0.2, 0) is 0 Å². The molecule has 0 radical (unpaired) electrons. The molecule has 3 heteroatoms. The summed E-state index contributed by atoms with van der Waals surface area (Å²) in [5.41, 5.74) is 2.67. The maximum Gasteiger partial charge on any atom is 0.0236 e. The van der Waals surface area contributed by atoms with Gasteiger partial charge in [-0.3, -0.25) is 11.3 Å². The average molecular weight is 169 g/mol. The highest BCUT2D eigenvalue weighted by molar-refractivity contribution is 8.93. The van der Waals surface area contributed by atoms with E-state index in [1.54, 1.807) is 0 Å². The van der Waals surface area contributed by atoms with E-state index in [2.05, 4.69) is 5.43 Å². The standard InChI is InChI=1S/C4H12N2.BrH/c1-4(2,3)6-5;/h6H,5H2,1-3H3;1H. The van der Waals surface area contributed by atoms with Gasteiger partial charge < -0.3 is 0 Å². The van der Waals surface area contributed by atoms with Crippen molar-refractivity contribution in [3.8, 4) is 0 Å². The van der Waals surface area contributed by atoms with Crippen molar-refractivity contribution < 1.29 is 0 Å². The van der Waals surface area contributed by atoms with Crippen LogP contribution >= 0.6 is 17.0 Å². The van der Waals surface area contributed by atoms with Crippen LogP contribution in [0.25, 0.3) is 0 Å². The van der Waals surface area contributed by atoms with Gasteiger partial charge in [-0.25, -0.2) is 0 Å². The molecule has 0 heterocycles. The topological polar surface area (TPSA) is 38.0 Å². The second-order valence-corrected chi connectivity index (χ2v) is 2.39. The molecule has 0 saturated carbocycles. The minimum absolute atomic E-state index is 0. The van der Waals surface area contributed by atoms with Gasteiger partial charge in [0, 0.05) is 5.54 Å². The molecule has 0 aromatic rings. The fraction of sp³-hybridized carbons (Fsp3) is 1.00. The monoisotopic (exact) mass is 168 g/mol. The van der Waals surface area contributed by atoms with Gasteiger partial charge in [0.2, 0.25) is 0 Å². The van der Waals surface area contributed by atoms with Gasteiger partial charge >= 0.3 is 0 Å². The van der Waals surface area contributed by atoms with Gasteiger partial charge in [0.15, 0.2) is 0 Å². The molecular formula is C4H13BrN2. The minimum atomic E-state index is 0. The molecule has 0 aromatic heterocycles. The molecule has 7 heavy (non-hydrogen) atoms. The summed E-state index contributed by atoms with van der Waals surface area (Å²) in [5, 5.41) is 0. The van der Waals surface area contributed by atoms with E-state index in [4.69, 9.17) is 5.84 Å². The van der Waals surface area contributed by atoms with Crippen molar-refractivity contribution in [3.05, 3.63) is 0 Å². The summed E-state index contributed by atoms with van der Waals surface area (Å²) in [5.74, 6) is 5.06. The van der Waals surface area contributed by atoms with Crippen molar-refractivity contribution in [2.45, 2.75) is 26.3 Å². The fourth-order valence-corrected chi connectivity index (χ4v) is 0. The zero-order valence-electron chi connectivity index (χ0n) is 4.99. The van der Waals surface area contributed by atoms with Gasteiger partial charge in [-0.2, -0.15) is 0 Å². The number of hydrogen-bond donors (Lipinski definition) is 2. The molecule has 0 amide bonds. The van der Waals surface area contributed by atoms with Crippen molar-refractivity contribution in [3.63, 3.8) is 0 Å². The summed E-state index contributed by atoms with van der Waals surface area (Å²) in [6, 6.07) is 0. The van der Waals surface area contributed by atoms with E-state index >= 15 is 0 Å². The zero-order valence-corrected chi connectivity index (χ0v) is 6.70. The molecule has 0 bridgehead atoms. The van der Waals surface area contributed by atoms with E-state index in [0.717, 1.165) is 0 Å². The van der Waals surface area contributed by atoms with Crippen LogP contribution in [0.3, 0.4) is 0 Å². The quantitative estimate of drug-likeness (QED) is 0.416. The molecule has 0 aliphatic rings. The Hall–Kier alpha value is 0.400. The summed E-state index contributed by atoms with van der Waals surface area (Å²) in [6.45, 7) is 6.02. The van der Waals surface area contributed by atoms with Crippen LogP contribution in [-0.4, -0.2) is 5.54 Å². The Morgan fingerprint density at radius 2 is 1.43 bits per heavy atom. The Balaban J connectivity index is 0. The third-order valence-electron chi connectivity index (χ3n) is 0.433. The highest BCUT2D eigenvalue weighted by Gasteiger charge is 2.02. The maximum absolute atomic E-state index is 5.06. The number of halogens is 1. The largest absolute Gasteiger partial charge is 0.271 e. The van der Waals surface area contributed by atoms with Gasteiger partial charge in [0.25, 0.3) is 0 Å². The summed E-state index contributed by atoms with van der Waals surface area (Å²) in [4.78, 5) is 0. The van der Waals surface area contributed by atoms with Crippen LogP contribution in [0.4, 0.5) is 0 Å². The number of nitrogens with two attached hydrogens (primary N) is 1. The van der Waals surface area contributed by atoms with Crippen molar-refractivity contribution >= 4 is 17.0 Å². The number of hydrazine groups is 1. The second-order valence-electron chi connectivity index (χ2n) is 2.39. The first-order chi connectivity index (χ1) is 2.56. The highest BCUT2D eigenvalue weighted by Crippen LogP contribution is 1.92. The first-order valence-corrected chi connectivity index (χ1v) is 2.04. The van der Waals surface area contributed by atoms with E-state index in [1.807, 2.05) is 20.8 Å². The fourth-order valence-electron chi connectivity index (χ4n) is 0. The molecule has 0 fully saturated rings. The SMILES string of the molecule is Br.CC(C)(C)NN. The molecular weight excluding hydrogens is 156 g/mol. The lowest BCUT2D eigenvalue weighted by Crippen LogP contribution is -2.41. The van der Waals surface area contributed by atoms with Crippen LogP contribution in [0.2, 0.25) is 0 Å². The number of rotatable bonds is 0. The van der Waals surface area contributed by atoms with Crippen molar-refractivity contribution in [2.75, 3.05) is 0 Å². The minimum Gasteiger partial charge on any atom is -0.271 e. The van der Waals surface area contributed by atoms with Crippen LogP contribution in [0, 0.1) is 0 Å². The lowest BCUT2D eigenvalue weighted by atomic mass is 10.1. The van der Waals surface area contributed by atoms with E-state index in [-0.39, 0.29) is 22.5 Å². The number of hydrogen-bond acceptors (Lipinski definition) is 2. The molecule has 0 aliphatic carbocycles. The molecule has 0 rings (SSSR count). The van der Waals surface area contributed by atoms with Crippen LogP contribution < -0.4 is 11.3 Å². The second kappa shape index (κ2) is 3.41. The molecule has 0 spiro atoms. The van der Waals surface area contributed by atoms with E-state index in [0.29, 0.717) is 0 Å². The summed E-state index contributed by atoms with van der Waals surface area (Å²) in [7, 11) is 0. The summed E-state index contributed by atoms with van der Waals surface area (Å²) >= 11 is 0. The third kappa shape index (κ3) is 10.7. The predicted molar refractivity (Wildman–Crippen MR) is 37.4 cm³/mol. The van der Waals surface area contributed by atoms with Crippen LogP contribution in [0.1, 0.15) is 20.8 Å². The molecule has 0 aliphatic heterocycles. The first kappa shape index (κ1) is 10.4. The van der Waals surface area contributed by atoms with Gasteiger partial charge in [0.05, 0.1) is 0 Å². The van der Waals surface area contributed by atoms with Crippen LogP contribution in [0.15, 0.2) is 0 Å². The normalized spacial score (nSPS) is 10.3. The first-order valence-electron chi connectivity index (χ1n) is 2.04. The molecule has 2 nitrogen and oxygen atoms in total. The van der Waals surface area contributed by atoms with Crippen LogP contribution in [0.5, 0.6) is 0 Å². The Bertz CT molecular complexity index is 39.4. The maximum atomic E-state index is 5.06. The smallest absolute Gasteiger partial charge is 0.0236 e. The third-order valence-corrected chi connectivity index (χ3v) is 0.433. The predicted octanol–water partition coefficient (Wildman–Crippen LogP) is 0.826. The molecule has 0 unspecified atom stereocenters. The van der Waals surface area contributed by atoms with Crippen molar-refractivity contribution in [1.29, 1.82) is 0 Å². The van der Waals surface area contributed by atoms with Gasteiger partial charge in [-0.15, -0.1) is 17.0 Å². The average Bonchev–Trinajstić information content (AvgIpc) is 1.35. The summed E-state index contributed by atoms with van der Waals surface area (Å²) < 4.78 is 0. The molecule has 46 valence electrons. The Morgan fingerprint density at radius 1 is 1.29 bits per heavy atom. The lowest BCUT2D eigenvalue weighted by molar-refractivity contribution is 0.438. The molecule has 3 N–H and O–H groups in total. The molecule has 0 saturated heterocycles. The van der Waals surface area contributed by atoms with Gasteiger partial charge in [0.1, 0.15) is 0 Å². The Morgan fingerprint density at radius 3 is 1.43 bits per heavy atom. The molecule has 0 atom stereocenters. The Kier molecular flexibility index (Phi) is 5.06. The van der Waals surface area contributed by atoms with Gasteiger partial charge in [-0.1, -0.05) is 0 Å². The highest BCUT2D eigenvalue weighted by atomic mass is 79.9.